The number of hydrogen-bond acceptors (Lipinski definition) is 2. The molecule has 0 aliphatic heterocycles. The molecule has 0 fully saturated rings. The highest BCUT2D eigenvalue weighted by Crippen LogP contribution is 2.17. The monoisotopic (exact) mass is 176 g/mol. The fourth-order valence-corrected chi connectivity index (χ4v) is 1.30. The van der Waals surface area contributed by atoms with Crippen LogP contribution in [0.25, 0.3) is 5.57 Å². The number of aliphatic hydroxyl groups is 1. The van der Waals surface area contributed by atoms with E-state index in [0.717, 1.165) is 23.0 Å². The first-order chi connectivity index (χ1) is 6.19. The van der Waals surface area contributed by atoms with Crippen LogP contribution in [0.3, 0.4) is 0 Å². The summed E-state index contributed by atoms with van der Waals surface area (Å²) in [5.41, 5.74) is 3.23. The Hall–Kier alpha value is -1.57. The summed E-state index contributed by atoms with van der Waals surface area (Å²) >= 11 is 0. The van der Waals surface area contributed by atoms with E-state index in [2.05, 4.69) is 0 Å². The van der Waals surface area contributed by atoms with Crippen LogP contribution in [0.2, 0.25) is 0 Å². The Kier molecular flexibility index (Phi) is 2.85. The summed E-state index contributed by atoms with van der Waals surface area (Å²) in [5.74, 6) is 0. The predicted molar refractivity (Wildman–Crippen MR) is 52.6 cm³/mol. The van der Waals surface area contributed by atoms with E-state index in [0.29, 0.717) is 11.9 Å². The third kappa shape index (κ3) is 1.96. The van der Waals surface area contributed by atoms with Gasteiger partial charge in [-0.1, -0.05) is 23.8 Å². The van der Waals surface area contributed by atoms with Crippen LogP contribution < -0.4 is 0 Å². The number of carbonyl (C=O) groups is 1. The number of aryl methyl sites for hydroxylation is 2. The zero-order valence-corrected chi connectivity index (χ0v) is 7.74. The molecule has 13 heavy (non-hydrogen) atoms. The van der Waals surface area contributed by atoms with E-state index in [-0.39, 0.29) is 0 Å². The van der Waals surface area contributed by atoms with Gasteiger partial charge in [-0.2, -0.15) is 0 Å². The van der Waals surface area contributed by atoms with E-state index in [9.17, 15) is 4.79 Å². The molecule has 1 rings (SSSR count). The molecule has 2 nitrogen and oxygen atoms in total. The number of aliphatic hydroxyl groups excluding tert-OH is 1. The fraction of sp³-hybridized carbons (Fsp3) is 0.182. The largest absolute Gasteiger partial charge is 0.515 e. The van der Waals surface area contributed by atoms with E-state index in [1.807, 2.05) is 32.0 Å². The van der Waals surface area contributed by atoms with Crippen molar-refractivity contribution in [2.24, 2.45) is 0 Å². The Morgan fingerprint density at radius 3 is 2.54 bits per heavy atom. The zero-order chi connectivity index (χ0) is 9.84. The second-order valence-corrected chi connectivity index (χ2v) is 3.02. The summed E-state index contributed by atoms with van der Waals surface area (Å²) in [4.78, 5) is 10.5. The molecular formula is C11H12O2. The molecule has 68 valence electrons. The second kappa shape index (κ2) is 3.90. The Balaban J connectivity index is 3.22. The van der Waals surface area contributed by atoms with Gasteiger partial charge in [0.1, 0.15) is 0 Å². The zero-order valence-electron chi connectivity index (χ0n) is 7.74. The molecule has 0 unspecified atom stereocenters. The Bertz CT molecular complexity index is 351. The summed E-state index contributed by atoms with van der Waals surface area (Å²) < 4.78 is 0. The van der Waals surface area contributed by atoms with Crippen LogP contribution in [0.15, 0.2) is 24.5 Å². The number of carbonyl (C=O) groups excluding carboxylic acids is 1. The van der Waals surface area contributed by atoms with Gasteiger partial charge in [-0.05, 0) is 25.0 Å². The summed E-state index contributed by atoms with van der Waals surface area (Å²) in [6, 6.07) is 5.72. The molecule has 0 bridgehead atoms. The summed E-state index contributed by atoms with van der Waals surface area (Å²) in [5, 5.41) is 8.78. The number of hydrogen-bond donors (Lipinski definition) is 1. The van der Waals surface area contributed by atoms with Crippen molar-refractivity contribution in [2.45, 2.75) is 13.8 Å². The van der Waals surface area contributed by atoms with Crippen LogP contribution in [-0.2, 0) is 4.79 Å². The maximum absolute atomic E-state index is 10.5. The predicted octanol–water partition coefficient (Wildman–Crippen LogP) is 2.40. The molecule has 0 heterocycles. The van der Waals surface area contributed by atoms with E-state index < -0.39 is 0 Å². The number of benzene rings is 1. The van der Waals surface area contributed by atoms with Crippen LogP contribution in [0.5, 0.6) is 0 Å². The van der Waals surface area contributed by atoms with Crippen LogP contribution in [0, 0.1) is 13.8 Å². The third-order valence-corrected chi connectivity index (χ3v) is 1.96. The second-order valence-electron chi connectivity index (χ2n) is 3.02. The van der Waals surface area contributed by atoms with Crippen molar-refractivity contribution in [3.05, 3.63) is 41.2 Å². The molecule has 0 saturated heterocycles. The maximum Gasteiger partial charge on any atom is 0.153 e. The lowest BCUT2D eigenvalue weighted by Gasteiger charge is -2.04. The minimum absolute atomic E-state index is 0.317. The lowest BCUT2D eigenvalue weighted by atomic mass is 10.0. The first kappa shape index (κ1) is 9.52. The molecular weight excluding hydrogens is 164 g/mol. The van der Waals surface area contributed by atoms with Gasteiger partial charge in [-0.25, -0.2) is 0 Å². The molecule has 1 N–H and O–H groups in total. The summed E-state index contributed by atoms with van der Waals surface area (Å²) in [7, 11) is 0. The molecule has 0 radical (unpaired) electrons. The Morgan fingerprint density at radius 2 is 2.08 bits per heavy atom. The normalized spacial score (nSPS) is 11.4. The molecule has 0 saturated carbocycles. The van der Waals surface area contributed by atoms with Gasteiger partial charge in [-0.15, -0.1) is 0 Å². The fourth-order valence-electron chi connectivity index (χ4n) is 1.30. The summed E-state index contributed by atoms with van der Waals surface area (Å²) in [6.45, 7) is 3.90. The van der Waals surface area contributed by atoms with Gasteiger partial charge in [0.05, 0.1) is 11.8 Å². The van der Waals surface area contributed by atoms with Crippen LogP contribution >= 0.6 is 0 Å². The minimum Gasteiger partial charge on any atom is -0.515 e. The van der Waals surface area contributed by atoms with E-state index in [1.54, 1.807) is 0 Å². The van der Waals surface area contributed by atoms with E-state index >= 15 is 0 Å². The highest BCUT2D eigenvalue weighted by Gasteiger charge is 2.03. The standard InChI is InChI=1S/C11H12O2/c1-8-3-4-11(9(2)5-8)10(6-12)7-13/h3-7,12H,1-2H3/b10-6+. The average Bonchev–Trinajstić information content (AvgIpc) is 2.10. The van der Waals surface area contributed by atoms with Crippen molar-refractivity contribution in [2.75, 3.05) is 0 Å². The van der Waals surface area contributed by atoms with Gasteiger partial charge < -0.3 is 5.11 Å². The van der Waals surface area contributed by atoms with Crippen molar-refractivity contribution in [3.63, 3.8) is 0 Å². The summed E-state index contributed by atoms with van der Waals surface area (Å²) in [6.07, 6.45) is 1.49. The van der Waals surface area contributed by atoms with Crippen LogP contribution in [-0.4, -0.2) is 11.4 Å². The smallest absolute Gasteiger partial charge is 0.153 e. The van der Waals surface area contributed by atoms with Gasteiger partial charge in [0.25, 0.3) is 0 Å². The van der Waals surface area contributed by atoms with Crippen molar-refractivity contribution in [1.29, 1.82) is 0 Å². The lowest BCUT2D eigenvalue weighted by Crippen LogP contribution is -1.90. The first-order valence-corrected chi connectivity index (χ1v) is 4.06. The lowest BCUT2D eigenvalue weighted by molar-refractivity contribution is -0.103. The van der Waals surface area contributed by atoms with Crippen molar-refractivity contribution in [1.82, 2.24) is 0 Å². The van der Waals surface area contributed by atoms with Crippen molar-refractivity contribution < 1.29 is 9.90 Å². The van der Waals surface area contributed by atoms with Crippen LogP contribution in [0.1, 0.15) is 16.7 Å². The average molecular weight is 176 g/mol. The molecule has 0 atom stereocenters. The topological polar surface area (TPSA) is 37.3 Å². The molecule has 0 spiro atoms. The Labute approximate surface area is 77.5 Å². The molecule has 0 aromatic heterocycles. The molecule has 1 aromatic rings. The first-order valence-electron chi connectivity index (χ1n) is 4.06. The van der Waals surface area contributed by atoms with Gasteiger partial charge in [0.2, 0.25) is 0 Å². The molecule has 0 aliphatic rings. The van der Waals surface area contributed by atoms with Crippen molar-refractivity contribution in [3.8, 4) is 0 Å². The molecule has 0 aliphatic carbocycles. The highest BCUT2D eigenvalue weighted by molar-refractivity contribution is 6.06. The third-order valence-electron chi connectivity index (χ3n) is 1.96. The number of allylic oxidation sites excluding steroid dienone is 1. The van der Waals surface area contributed by atoms with Crippen LogP contribution in [0.4, 0.5) is 0 Å². The van der Waals surface area contributed by atoms with Gasteiger partial charge in [0, 0.05) is 0 Å². The maximum atomic E-state index is 10.5. The molecule has 0 amide bonds. The van der Waals surface area contributed by atoms with E-state index in [1.165, 1.54) is 0 Å². The highest BCUT2D eigenvalue weighted by atomic mass is 16.2. The quantitative estimate of drug-likeness (QED) is 0.427. The number of rotatable bonds is 2. The van der Waals surface area contributed by atoms with Gasteiger partial charge in [0.15, 0.2) is 6.29 Å². The van der Waals surface area contributed by atoms with Crippen molar-refractivity contribution >= 4 is 11.9 Å². The van der Waals surface area contributed by atoms with Gasteiger partial charge in [-0.3, -0.25) is 4.79 Å². The van der Waals surface area contributed by atoms with E-state index in [4.69, 9.17) is 5.11 Å². The minimum atomic E-state index is 0.317. The van der Waals surface area contributed by atoms with Gasteiger partial charge >= 0.3 is 0 Å². The number of aldehydes is 1. The SMILES string of the molecule is Cc1ccc(/C(C=O)=C/O)c(C)c1. The Morgan fingerprint density at radius 1 is 1.38 bits per heavy atom. The molecule has 2 heteroatoms. The molecule has 1 aromatic carbocycles.